The van der Waals surface area contributed by atoms with Crippen molar-refractivity contribution >= 4 is 22.4 Å². The van der Waals surface area contributed by atoms with Crippen molar-refractivity contribution < 1.29 is 13.9 Å². The van der Waals surface area contributed by atoms with E-state index in [1.54, 1.807) is 18.0 Å². The Hall–Kier alpha value is -2.98. The number of hydrogen-bond acceptors (Lipinski definition) is 8. The smallest absolute Gasteiger partial charge is 0.320 e. The Morgan fingerprint density at radius 3 is 2.71 bits per heavy atom. The summed E-state index contributed by atoms with van der Waals surface area (Å²) < 4.78 is 27.2. The second-order valence-electron chi connectivity index (χ2n) is 7.76. The Balaban J connectivity index is 1.59. The predicted octanol–water partition coefficient (Wildman–Crippen LogP) is 1.67. The van der Waals surface area contributed by atoms with E-state index in [1.165, 1.54) is 0 Å². The average molecular weight is 427 g/mol. The van der Waals surface area contributed by atoms with E-state index in [0.717, 1.165) is 47.6 Å². The number of rotatable bonds is 4. The first kappa shape index (κ1) is 20.0. The SMILES string of the molecule is COc1nc(N2CCOCC2)cc(-n2ncc3cc(C)c(N4CCNCC4F)cc32)n1. The molecule has 10 heteroatoms. The van der Waals surface area contributed by atoms with Crippen molar-refractivity contribution in [2.24, 2.45) is 0 Å². The van der Waals surface area contributed by atoms with Crippen LogP contribution in [0.5, 0.6) is 6.01 Å². The second-order valence-corrected chi connectivity index (χ2v) is 7.76. The highest BCUT2D eigenvalue weighted by Crippen LogP contribution is 2.30. The Bertz CT molecular complexity index is 1080. The summed E-state index contributed by atoms with van der Waals surface area (Å²) in [5, 5.41) is 8.64. The van der Waals surface area contributed by atoms with Crippen LogP contribution in [0, 0.1) is 6.92 Å². The Morgan fingerprint density at radius 1 is 1.13 bits per heavy atom. The fraction of sp³-hybridized carbons (Fsp3) is 0.476. The molecule has 0 spiro atoms. The molecule has 0 saturated carbocycles. The number of benzene rings is 1. The van der Waals surface area contributed by atoms with Gasteiger partial charge in [0.05, 0.1) is 32.0 Å². The van der Waals surface area contributed by atoms with Crippen LogP contribution < -0.4 is 19.9 Å². The van der Waals surface area contributed by atoms with Gasteiger partial charge in [-0.25, -0.2) is 9.07 Å². The number of anilines is 2. The Kier molecular flexibility index (Phi) is 5.33. The molecule has 5 rings (SSSR count). The topological polar surface area (TPSA) is 80.6 Å². The van der Waals surface area contributed by atoms with Gasteiger partial charge in [-0.15, -0.1) is 0 Å². The van der Waals surface area contributed by atoms with Crippen molar-refractivity contribution in [3.05, 3.63) is 30.0 Å². The molecule has 4 heterocycles. The largest absolute Gasteiger partial charge is 0.467 e. The van der Waals surface area contributed by atoms with Gasteiger partial charge in [-0.05, 0) is 24.6 Å². The lowest BCUT2D eigenvalue weighted by Crippen LogP contribution is -2.49. The summed E-state index contributed by atoms with van der Waals surface area (Å²) in [5.41, 5.74) is 2.75. The van der Waals surface area contributed by atoms with Crippen LogP contribution in [0.25, 0.3) is 16.7 Å². The van der Waals surface area contributed by atoms with Gasteiger partial charge in [0.25, 0.3) is 0 Å². The van der Waals surface area contributed by atoms with E-state index in [9.17, 15) is 4.39 Å². The summed E-state index contributed by atoms with van der Waals surface area (Å²) in [4.78, 5) is 13.0. The van der Waals surface area contributed by atoms with Crippen LogP contribution >= 0.6 is 0 Å². The fourth-order valence-corrected chi connectivity index (χ4v) is 4.17. The van der Waals surface area contributed by atoms with Gasteiger partial charge in [0, 0.05) is 49.9 Å². The maximum atomic E-state index is 14.6. The number of halogens is 1. The maximum Gasteiger partial charge on any atom is 0.320 e. The van der Waals surface area contributed by atoms with Gasteiger partial charge in [-0.2, -0.15) is 15.1 Å². The number of methoxy groups -OCH3 is 1. The third-order valence-corrected chi connectivity index (χ3v) is 5.79. The zero-order valence-electron chi connectivity index (χ0n) is 17.7. The summed E-state index contributed by atoms with van der Waals surface area (Å²) in [6.45, 7) is 6.52. The van der Waals surface area contributed by atoms with Gasteiger partial charge in [-0.1, -0.05) is 0 Å². The van der Waals surface area contributed by atoms with Crippen LogP contribution in [0.2, 0.25) is 0 Å². The first-order valence-corrected chi connectivity index (χ1v) is 10.5. The molecule has 2 aromatic heterocycles. The number of alkyl halides is 1. The van der Waals surface area contributed by atoms with Gasteiger partial charge in [-0.3, -0.25) is 0 Å². The lowest BCUT2D eigenvalue weighted by atomic mass is 10.1. The molecule has 31 heavy (non-hydrogen) atoms. The number of piperazine rings is 1. The maximum absolute atomic E-state index is 14.6. The Labute approximate surface area is 179 Å². The molecular weight excluding hydrogens is 401 g/mol. The van der Waals surface area contributed by atoms with E-state index >= 15 is 0 Å². The molecule has 3 aromatic rings. The molecular formula is C21H26FN7O2. The summed E-state index contributed by atoms with van der Waals surface area (Å²) in [5.74, 6) is 1.38. The minimum atomic E-state index is -1.06. The first-order chi connectivity index (χ1) is 15.1. The number of aromatic nitrogens is 4. The first-order valence-electron chi connectivity index (χ1n) is 10.5. The lowest BCUT2D eigenvalue weighted by molar-refractivity contribution is 0.122. The quantitative estimate of drug-likeness (QED) is 0.630. The molecule has 1 N–H and O–H groups in total. The number of ether oxygens (including phenoxy) is 2. The Morgan fingerprint density at radius 2 is 1.94 bits per heavy atom. The van der Waals surface area contributed by atoms with E-state index in [0.29, 0.717) is 32.1 Å². The predicted molar refractivity (Wildman–Crippen MR) is 116 cm³/mol. The van der Waals surface area contributed by atoms with Crippen molar-refractivity contribution in [2.45, 2.75) is 13.2 Å². The standard InChI is InChI=1S/C21H26FN7O2/c1-14-9-15-12-24-29(17(15)10-16(14)28-4-3-23-13-18(28)22)20-11-19(25-21(26-20)30-2)27-5-7-31-8-6-27/h9-12,18,23H,3-8,13H2,1-2H3. The van der Waals surface area contributed by atoms with E-state index in [-0.39, 0.29) is 6.01 Å². The summed E-state index contributed by atoms with van der Waals surface area (Å²) in [7, 11) is 1.55. The lowest BCUT2D eigenvalue weighted by Gasteiger charge is -2.34. The van der Waals surface area contributed by atoms with Gasteiger partial charge < -0.3 is 24.6 Å². The van der Waals surface area contributed by atoms with Crippen LogP contribution in [0.15, 0.2) is 24.4 Å². The number of nitrogens with zero attached hydrogens (tertiary/aromatic N) is 6. The molecule has 0 amide bonds. The van der Waals surface area contributed by atoms with Crippen LogP contribution in [-0.4, -0.2) is 79.1 Å². The van der Waals surface area contributed by atoms with Gasteiger partial charge in [0.1, 0.15) is 5.82 Å². The molecule has 0 aliphatic carbocycles. The van der Waals surface area contributed by atoms with Crippen LogP contribution in [0.1, 0.15) is 5.56 Å². The minimum absolute atomic E-state index is 0.279. The van der Waals surface area contributed by atoms with Crippen molar-refractivity contribution in [3.63, 3.8) is 0 Å². The molecule has 2 fully saturated rings. The van der Waals surface area contributed by atoms with Crippen molar-refractivity contribution in [3.8, 4) is 11.8 Å². The van der Waals surface area contributed by atoms with Crippen molar-refractivity contribution in [1.82, 2.24) is 25.1 Å². The second kappa shape index (κ2) is 8.27. The zero-order chi connectivity index (χ0) is 21.4. The average Bonchev–Trinajstić information content (AvgIpc) is 3.22. The van der Waals surface area contributed by atoms with Crippen LogP contribution in [-0.2, 0) is 4.74 Å². The highest BCUT2D eigenvalue weighted by molar-refractivity contribution is 5.85. The zero-order valence-corrected chi connectivity index (χ0v) is 17.7. The molecule has 2 saturated heterocycles. The van der Waals surface area contributed by atoms with E-state index in [2.05, 4.69) is 25.3 Å². The van der Waals surface area contributed by atoms with Crippen molar-refractivity contribution in [2.75, 3.05) is 62.8 Å². The highest BCUT2D eigenvalue weighted by Gasteiger charge is 2.24. The normalized spacial score (nSPS) is 19.8. The summed E-state index contributed by atoms with van der Waals surface area (Å²) in [6.07, 6.45) is 0.744. The van der Waals surface area contributed by atoms with Crippen LogP contribution in [0.4, 0.5) is 15.9 Å². The molecule has 9 nitrogen and oxygen atoms in total. The third kappa shape index (κ3) is 3.77. The molecule has 0 bridgehead atoms. The third-order valence-electron chi connectivity index (χ3n) is 5.79. The number of morpholine rings is 1. The minimum Gasteiger partial charge on any atom is -0.467 e. The van der Waals surface area contributed by atoms with E-state index < -0.39 is 6.30 Å². The van der Waals surface area contributed by atoms with Crippen molar-refractivity contribution in [1.29, 1.82) is 0 Å². The number of fused-ring (bicyclic) bond motifs is 1. The number of nitrogens with one attached hydrogen (secondary N) is 1. The molecule has 0 radical (unpaired) electrons. The van der Waals surface area contributed by atoms with E-state index in [1.807, 2.05) is 30.0 Å². The molecule has 1 unspecified atom stereocenters. The summed E-state index contributed by atoms with van der Waals surface area (Å²) >= 11 is 0. The summed E-state index contributed by atoms with van der Waals surface area (Å²) in [6, 6.07) is 6.23. The van der Waals surface area contributed by atoms with Crippen LogP contribution in [0.3, 0.4) is 0 Å². The fourth-order valence-electron chi connectivity index (χ4n) is 4.17. The van der Waals surface area contributed by atoms with Gasteiger partial charge in [0.2, 0.25) is 0 Å². The highest BCUT2D eigenvalue weighted by atomic mass is 19.1. The molecule has 1 atom stereocenters. The molecule has 1 aromatic carbocycles. The van der Waals surface area contributed by atoms with E-state index in [4.69, 9.17) is 9.47 Å². The monoisotopic (exact) mass is 427 g/mol. The van der Waals surface area contributed by atoms with Gasteiger partial charge in [0.15, 0.2) is 12.1 Å². The molecule has 2 aliphatic rings. The molecule has 2 aliphatic heterocycles. The molecule has 164 valence electrons. The van der Waals surface area contributed by atoms with Gasteiger partial charge >= 0.3 is 6.01 Å². The number of aryl methyl sites for hydroxylation is 1. The number of hydrogen-bond donors (Lipinski definition) is 1.